The summed E-state index contributed by atoms with van der Waals surface area (Å²) >= 11 is 0. The number of para-hydroxylation sites is 1. The average Bonchev–Trinajstić information content (AvgIpc) is 3.06. The van der Waals surface area contributed by atoms with Gasteiger partial charge in [-0.25, -0.2) is 4.79 Å². The molecule has 0 fully saturated rings. The number of ketones is 1. The van der Waals surface area contributed by atoms with Crippen LogP contribution >= 0.6 is 0 Å². The average molecular weight is 377 g/mol. The maximum absolute atomic E-state index is 12.5. The molecule has 28 heavy (non-hydrogen) atoms. The molecule has 0 spiro atoms. The summed E-state index contributed by atoms with van der Waals surface area (Å²) in [5.74, 6) is 0.509. The third-order valence-corrected chi connectivity index (χ3v) is 4.50. The fourth-order valence-electron chi connectivity index (χ4n) is 3.22. The molecule has 0 saturated carbocycles. The smallest absolute Gasteiger partial charge is 0.331 e. The van der Waals surface area contributed by atoms with Gasteiger partial charge in [0.1, 0.15) is 13.2 Å². The molecule has 0 bridgehead atoms. The number of carbonyl (C=O) groups is 2. The number of benzene rings is 2. The summed E-state index contributed by atoms with van der Waals surface area (Å²) in [5, 5.41) is 0.827. The van der Waals surface area contributed by atoms with E-state index in [1.165, 1.54) is 6.08 Å². The van der Waals surface area contributed by atoms with Crippen molar-refractivity contribution in [1.29, 1.82) is 0 Å². The quantitative estimate of drug-likeness (QED) is 0.417. The van der Waals surface area contributed by atoms with Crippen molar-refractivity contribution in [3.8, 4) is 11.5 Å². The van der Waals surface area contributed by atoms with Gasteiger partial charge in [0.25, 0.3) is 0 Å². The number of esters is 1. The van der Waals surface area contributed by atoms with Crippen LogP contribution in [0.1, 0.15) is 21.6 Å². The van der Waals surface area contributed by atoms with E-state index >= 15 is 0 Å². The van der Waals surface area contributed by atoms with Gasteiger partial charge in [0.15, 0.2) is 18.1 Å². The minimum absolute atomic E-state index is 0.240. The van der Waals surface area contributed by atoms with Crippen LogP contribution in [0.25, 0.3) is 17.0 Å². The van der Waals surface area contributed by atoms with Gasteiger partial charge in [-0.1, -0.05) is 24.3 Å². The number of rotatable bonds is 5. The lowest BCUT2D eigenvalue weighted by Crippen LogP contribution is -2.15. The normalized spacial score (nSPS) is 13.0. The van der Waals surface area contributed by atoms with E-state index in [0.29, 0.717) is 30.3 Å². The van der Waals surface area contributed by atoms with E-state index < -0.39 is 5.97 Å². The fraction of sp³-hybridized carbons (Fsp3) is 0.182. The first kappa shape index (κ1) is 17.9. The lowest BCUT2D eigenvalue weighted by molar-refractivity contribution is -0.136. The van der Waals surface area contributed by atoms with Crippen LogP contribution in [0, 0.1) is 6.92 Å². The largest absolute Gasteiger partial charge is 0.486 e. The van der Waals surface area contributed by atoms with Gasteiger partial charge in [0, 0.05) is 28.2 Å². The number of aromatic nitrogens is 1. The van der Waals surface area contributed by atoms with Crippen LogP contribution in [0.4, 0.5) is 0 Å². The van der Waals surface area contributed by atoms with Crippen molar-refractivity contribution in [3.63, 3.8) is 0 Å². The molecule has 0 radical (unpaired) electrons. The summed E-state index contributed by atoms with van der Waals surface area (Å²) in [4.78, 5) is 27.7. The van der Waals surface area contributed by atoms with Crippen LogP contribution < -0.4 is 9.47 Å². The topological polar surface area (TPSA) is 77.6 Å². The Labute approximate surface area is 161 Å². The lowest BCUT2D eigenvalue weighted by Gasteiger charge is -2.18. The highest BCUT2D eigenvalue weighted by Crippen LogP contribution is 2.31. The number of aromatic amines is 1. The molecule has 142 valence electrons. The summed E-state index contributed by atoms with van der Waals surface area (Å²) in [5.41, 5.74) is 2.97. The molecule has 3 aromatic rings. The number of carbonyl (C=O) groups excluding carboxylic acids is 2. The van der Waals surface area contributed by atoms with E-state index in [9.17, 15) is 9.59 Å². The Morgan fingerprint density at radius 1 is 1.11 bits per heavy atom. The SMILES string of the molecule is Cc1[nH]c2ccccc2c1C(=O)COC(=O)C=Cc1ccc2c(c1)OCCO2. The van der Waals surface area contributed by atoms with E-state index in [0.717, 1.165) is 22.2 Å². The molecule has 2 heterocycles. The van der Waals surface area contributed by atoms with Crippen molar-refractivity contribution < 1.29 is 23.8 Å². The second-order valence-corrected chi connectivity index (χ2v) is 6.44. The summed E-state index contributed by atoms with van der Waals surface area (Å²) in [6, 6.07) is 12.9. The Balaban J connectivity index is 1.39. The molecule has 0 atom stereocenters. The zero-order valence-electron chi connectivity index (χ0n) is 15.4. The molecule has 0 aliphatic carbocycles. The number of H-pyrrole nitrogens is 1. The molecule has 1 aromatic heterocycles. The Kier molecular flexibility index (Phi) is 4.85. The molecule has 1 aliphatic heterocycles. The van der Waals surface area contributed by atoms with Gasteiger partial charge in [-0.05, 0) is 36.8 Å². The van der Waals surface area contributed by atoms with Crippen LogP contribution in [0.15, 0.2) is 48.5 Å². The highest BCUT2D eigenvalue weighted by Gasteiger charge is 2.17. The van der Waals surface area contributed by atoms with Gasteiger partial charge in [0.2, 0.25) is 5.78 Å². The number of nitrogens with one attached hydrogen (secondary N) is 1. The highest BCUT2D eigenvalue weighted by molar-refractivity contribution is 6.10. The number of ether oxygens (including phenoxy) is 3. The number of fused-ring (bicyclic) bond motifs is 2. The van der Waals surface area contributed by atoms with Crippen LogP contribution in [0.5, 0.6) is 11.5 Å². The molecule has 6 heteroatoms. The molecule has 1 aliphatic rings. The second kappa shape index (κ2) is 7.60. The van der Waals surface area contributed by atoms with Gasteiger partial charge in [-0.3, -0.25) is 4.79 Å². The van der Waals surface area contributed by atoms with Crippen molar-refractivity contribution in [2.24, 2.45) is 0 Å². The summed E-state index contributed by atoms with van der Waals surface area (Å²) < 4.78 is 16.1. The predicted octanol–water partition coefficient (Wildman–Crippen LogP) is 3.69. The Hall–Kier alpha value is -3.54. The predicted molar refractivity (Wildman–Crippen MR) is 105 cm³/mol. The summed E-state index contributed by atoms with van der Waals surface area (Å²) in [6.07, 6.45) is 2.91. The van der Waals surface area contributed by atoms with Crippen LogP contribution in [-0.4, -0.2) is 36.6 Å². The molecular weight excluding hydrogens is 358 g/mol. The van der Waals surface area contributed by atoms with Crippen molar-refractivity contribution in [1.82, 2.24) is 4.98 Å². The molecule has 0 saturated heterocycles. The monoisotopic (exact) mass is 377 g/mol. The molecule has 2 aromatic carbocycles. The third-order valence-electron chi connectivity index (χ3n) is 4.50. The molecule has 4 rings (SSSR count). The van der Waals surface area contributed by atoms with Gasteiger partial charge in [0.05, 0.1) is 0 Å². The van der Waals surface area contributed by atoms with E-state index in [-0.39, 0.29) is 12.4 Å². The van der Waals surface area contributed by atoms with Crippen LogP contribution in [-0.2, 0) is 9.53 Å². The first-order valence-corrected chi connectivity index (χ1v) is 8.97. The van der Waals surface area contributed by atoms with Crippen LogP contribution in [0.2, 0.25) is 0 Å². The third kappa shape index (κ3) is 3.62. The lowest BCUT2D eigenvalue weighted by atomic mass is 10.1. The van der Waals surface area contributed by atoms with E-state index in [1.54, 1.807) is 18.2 Å². The summed E-state index contributed by atoms with van der Waals surface area (Å²) in [7, 11) is 0. The van der Waals surface area contributed by atoms with E-state index in [2.05, 4.69) is 4.98 Å². The summed E-state index contributed by atoms with van der Waals surface area (Å²) in [6.45, 7) is 2.54. The molecule has 0 amide bonds. The number of hydrogen-bond donors (Lipinski definition) is 1. The van der Waals surface area contributed by atoms with Crippen molar-refractivity contribution in [2.45, 2.75) is 6.92 Å². The zero-order chi connectivity index (χ0) is 19.5. The minimum atomic E-state index is -0.583. The maximum Gasteiger partial charge on any atom is 0.331 e. The Morgan fingerprint density at radius 3 is 2.75 bits per heavy atom. The van der Waals surface area contributed by atoms with Crippen molar-refractivity contribution in [3.05, 3.63) is 65.4 Å². The Bertz CT molecular complexity index is 1080. The maximum atomic E-state index is 12.5. The van der Waals surface area contributed by atoms with Crippen molar-refractivity contribution >= 4 is 28.7 Å². The Morgan fingerprint density at radius 2 is 1.89 bits per heavy atom. The van der Waals surface area contributed by atoms with Gasteiger partial charge >= 0.3 is 5.97 Å². The highest BCUT2D eigenvalue weighted by atomic mass is 16.6. The zero-order valence-corrected chi connectivity index (χ0v) is 15.4. The second-order valence-electron chi connectivity index (χ2n) is 6.44. The fourth-order valence-corrected chi connectivity index (χ4v) is 3.22. The molecular formula is C22H19NO5. The minimum Gasteiger partial charge on any atom is -0.486 e. The molecule has 0 unspecified atom stereocenters. The van der Waals surface area contributed by atoms with Crippen molar-refractivity contribution in [2.75, 3.05) is 19.8 Å². The van der Waals surface area contributed by atoms with E-state index in [4.69, 9.17) is 14.2 Å². The molecule has 6 nitrogen and oxygen atoms in total. The first-order valence-electron chi connectivity index (χ1n) is 8.97. The van der Waals surface area contributed by atoms with Gasteiger partial charge < -0.3 is 19.2 Å². The number of aryl methyl sites for hydroxylation is 1. The first-order chi connectivity index (χ1) is 13.6. The number of Topliss-reactive ketones (excluding diaryl/α,β-unsaturated/α-hetero) is 1. The number of hydrogen-bond acceptors (Lipinski definition) is 5. The van der Waals surface area contributed by atoms with Crippen LogP contribution in [0.3, 0.4) is 0 Å². The van der Waals surface area contributed by atoms with Gasteiger partial charge in [-0.2, -0.15) is 0 Å². The standard InChI is InChI=1S/C22H19NO5/c1-14-22(16-4-2-3-5-17(16)23-14)18(24)13-28-21(25)9-7-15-6-8-19-20(12-15)27-11-10-26-19/h2-9,12,23H,10-11,13H2,1H3. The van der Waals surface area contributed by atoms with Gasteiger partial charge in [-0.15, -0.1) is 0 Å². The molecule has 1 N–H and O–H groups in total. The van der Waals surface area contributed by atoms with E-state index in [1.807, 2.05) is 37.3 Å².